The highest BCUT2D eigenvalue weighted by molar-refractivity contribution is 5.43. The van der Waals surface area contributed by atoms with Gasteiger partial charge >= 0.3 is 0 Å². The zero-order chi connectivity index (χ0) is 10.6. The van der Waals surface area contributed by atoms with Crippen LogP contribution >= 0.6 is 0 Å². The van der Waals surface area contributed by atoms with Crippen LogP contribution in [0.5, 0.6) is 11.5 Å². The highest BCUT2D eigenvalue weighted by atomic mass is 16.5. The lowest BCUT2D eigenvalue weighted by atomic mass is 10.0. The fourth-order valence-electron chi connectivity index (χ4n) is 1.30. The van der Waals surface area contributed by atoms with Crippen LogP contribution in [0.2, 0.25) is 0 Å². The largest absolute Gasteiger partial charge is 0.493 e. The average molecular weight is 195 g/mol. The third-order valence-corrected chi connectivity index (χ3v) is 2.33. The molecule has 0 bridgehead atoms. The van der Waals surface area contributed by atoms with Crippen molar-refractivity contribution in [3.05, 3.63) is 23.8 Å². The molecule has 1 atom stereocenters. The molecule has 0 aliphatic rings. The molecule has 1 unspecified atom stereocenters. The first-order valence-electron chi connectivity index (χ1n) is 4.65. The van der Waals surface area contributed by atoms with Gasteiger partial charge in [0.25, 0.3) is 0 Å². The van der Waals surface area contributed by atoms with E-state index < -0.39 is 0 Å². The second kappa shape index (κ2) is 4.86. The van der Waals surface area contributed by atoms with Crippen LogP contribution in [0.4, 0.5) is 0 Å². The Bertz CT molecular complexity index is 299. The van der Waals surface area contributed by atoms with Crippen LogP contribution in [0.3, 0.4) is 0 Å². The van der Waals surface area contributed by atoms with Gasteiger partial charge in [-0.15, -0.1) is 0 Å². The first-order valence-corrected chi connectivity index (χ1v) is 4.65. The smallest absolute Gasteiger partial charge is 0.160 e. The van der Waals surface area contributed by atoms with E-state index in [9.17, 15) is 0 Å². The van der Waals surface area contributed by atoms with Gasteiger partial charge in [-0.1, -0.05) is 13.0 Å². The number of hydrogen-bond donors (Lipinski definition) is 1. The summed E-state index contributed by atoms with van der Waals surface area (Å²) in [7, 11) is 3.26. The van der Waals surface area contributed by atoms with Gasteiger partial charge in [0.1, 0.15) is 0 Å². The number of nitrogens with two attached hydrogens (primary N) is 1. The maximum absolute atomic E-state index is 5.59. The number of hydrogen-bond acceptors (Lipinski definition) is 3. The Labute approximate surface area is 84.8 Å². The molecule has 78 valence electrons. The van der Waals surface area contributed by atoms with Gasteiger partial charge in [0, 0.05) is 0 Å². The van der Waals surface area contributed by atoms with Crippen molar-refractivity contribution >= 4 is 0 Å². The van der Waals surface area contributed by atoms with Gasteiger partial charge in [0.15, 0.2) is 11.5 Å². The molecule has 3 nitrogen and oxygen atoms in total. The van der Waals surface area contributed by atoms with Crippen LogP contribution in [0.15, 0.2) is 18.2 Å². The number of ether oxygens (including phenoxy) is 2. The van der Waals surface area contributed by atoms with Gasteiger partial charge in [-0.05, 0) is 30.2 Å². The van der Waals surface area contributed by atoms with E-state index in [0.717, 1.165) is 11.5 Å². The predicted octanol–water partition coefficient (Wildman–Crippen LogP) is 1.77. The van der Waals surface area contributed by atoms with Gasteiger partial charge in [-0.3, -0.25) is 0 Å². The molecule has 0 fully saturated rings. The molecule has 0 spiro atoms. The Morgan fingerprint density at radius 2 is 1.86 bits per heavy atom. The monoisotopic (exact) mass is 195 g/mol. The Morgan fingerprint density at radius 1 is 1.21 bits per heavy atom. The predicted molar refractivity (Wildman–Crippen MR) is 57.0 cm³/mol. The van der Waals surface area contributed by atoms with Crippen LogP contribution in [-0.2, 0) is 0 Å². The Morgan fingerprint density at radius 3 is 2.36 bits per heavy atom. The summed E-state index contributed by atoms with van der Waals surface area (Å²) in [6, 6.07) is 5.88. The SMILES string of the molecule is COc1ccc(C(C)CN)cc1OC. The van der Waals surface area contributed by atoms with Gasteiger partial charge in [0.05, 0.1) is 14.2 Å². The van der Waals surface area contributed by atoms with Crippen LogP contribution in [0, 0.1) is 0 Å². The summed E-state index contributed by atoms with van der Waals surface area (Å²) in [5, 5.41) is 0. The van der Waals surface area contributed by atoms with E-state index in [4.69, 9.17) is 15.2 Å². The Balaban J connectivity index is 3.01. The molecule has 0 saturated carbocycles. The van der Waals surface area contributed by atoms with Gasteiger partial charge in [0.2, 0.25) is 0 Å². The van der Waals surface area contributed by atoms with E-state index in [1.165, 1.54) is 5.56 Å². The molecule has 0 amide bonds. The van der Waals surface area contributed by atoms with Crippen molar-refractivity contribution in [1.29, 1.82) is 0 Å². The van der Waals surface area contributed by atoms with Crippen molar-refractivity contribution in [1.82, 2.24) is 0 Å². The molecule has 0 saturated heterocycles. The standard InChI is InChI=1S/C11H17NO2/c1-8(7-12)9-4-5-10(13-2)11(6-9)14-3/h4-6,8H,7,12H2,1-3H3. The van der Waals surface area contributed by atoms with Crippen LogP contribution < -0.4 is 15.2 Å². The number of benzene rings is 1. The highest BCUT2D eigenvalue weighted by Crippen LogP contribution is 2.30. The molecular formula is C11H17NO2. The molecule has 2 N–H and O–H groups in total. The second-order valence-electron chi connectivity index (χ2n) is 3.25. The first kappa shape index (κ1) is 10.9. The lowest BCUT2D eigenvalue weighted by Gasteiger charge is -2.12. The molecule has 0 aromatic heterocycles. The van der Waals surface area contributed by atoms with E-state index >= 15 is 0 Å². The summed E-state index contributed by atoms with van der Waals surface area (Å²) in [6.45, 7) is 2.72. The zero-order valence-electron chi connectivity index (χ0n) is 8.91. The zero-order valence-corrected chi connectivity index (χ0v) is 8.91. The molecular weight excluding hydrogens is 178 g/mol. The van der Waals surface area contributed by atoms with E-state index in [1.54, 1.807) is 14.2 Å². The summed E-state index contributed by atoms with van der Waals surface area (Å²) in [5.74, 6) is 1.85. The van der Waals surface area contributed by atoms with E-state index in [0.29, 0.717) is 12.5 Å². The van der Waals surface area contributed by atoms with E-state index in [2.05, 4.69) is 6.92 Å². The van der Waals surface area contributed by atoms with Crippen molar-refractivity contribution in [2.45, 2.75) is 12.8 Å². The molecule has 3 heteroatoms. The second-order valence-corrected chi connectivity index (χ2v) is 3.25. The third kappa shape index (κ3) is 2.17. The summed E-state index contributed by atoms with van der Waals surface area (Å²) < 4.78 is 10.4. The molecule has 14 heavy (non-hydrogen) atoms. The lowest BCUT2D eigenvalue weighted by molar-refractivity contribution is 0.354. The normalized spacial score (nSPS) is 12.3. The molecule has 0 aliphatic carbocycles. The summed E-state index contributed by atoms with van der Waals surface area (Å²) in [6.07, 6.45) is 0. The van der Waals surface area contributed by atoms with Crippen LogP contribution in [-0.4, -0.2) is 20.8 Å². The van der Waals surface area contributed by atoms with Crippen molar-refractivity contribution in [3.8, 4) is 11.5 Å². The average Bonchev–Trinajstić information content (AvgIpc) is 2.26. The highest BCUT2D eigenvalue weighted by Gasteiger charge is 2.08. The summed E-state index contributed by atoms with van der Waals surface area (Å²) in [5.41, 5.74) is 6.77. The molecule has 1 rings (SSSR count). The van der Waals surface area contributed by atoms with Crippen LogP contribution in [0.1, 0.15) is 18.4 Å². The van der Waals surface area contributed by atoms with E-state index in [1.807, 2.05) is 18.2 Å². The molecule has 1 aromatic carbocycles. The van der Waals surface area contributed by atoms with Crippen LogP contribution in [0.25, 0.3) is 0 Å². The van der Waals surface area contributed by atoms with Crippen molar-refractivity contribution < 1.29 is 9.47 Å². The maximum atomic E-state index is 5.59. The van der Waals surface area contributed by atoms with Gasteiger partial charge < -0.3 is 15.2 Å². The minimum absolute atomic E-state index is 0.342. The fraction of sp³-hybridized carbons (Fsp3) is 0.455. The lowest BCUT2D eigenvalue weighted by Crippen LogP contribution is -2.08. The van der Waals surface area contributed by atoms with Gasteiger partial charge in [-0.25, -0.2) is 0 Å². The van der Waals surface area contributed by atoms with Crippen molar-refractivity contribution in [2.75, 3.05) is 20.8 Å². The minimum atomic E-state index is 0.342. The summed E-state index contributed by atoms with van der Waals surface area (Å²) >= 11 is 0. The quantitative estimate of drug-likeness (QED) is 0.796. The number of methoxy groups -OCH3 is 2. The molecule has 0 radical (unpaired) electrons. The first-order chi connectivity index (χ1) is 6.72. The van der Waals surface area contributed by atoms with Gasteiger partial charge in [-0.2, -0.15) is 0 Å². The fourth-order valence-corrected chi connectivity index (χ4v) is 1.30. The minimum Gasteiger partial charge on any atom is -0.493 e. The molecule has 0 heterocycles. The van der Waals surface area contributed by atoms with Crippen molar-refractivity contribution in [3.63, 3.8) is 0 Å². The third-order valence-electron chi connectivity index (χ3n) is 2.33. The summed E-state index contributed by atoms with van der Waals surface area (Å²) in [4.78, 5) is 0. The van der Waals surface area contributed by atoms with E-state index in [-0.39, 0.29) is 0 Å². The Hall–Kier alpha value is -1.22. The Kier molecular flexibility index (Phi) is 3.77. The molecule has 0 aliphatic heterocycles. The number of rotatable bonds is 4. The topological polar surface area (TPSA) is 44.5 Å². The molecule has 1 aromatic rings. The van der Waals surface area contributed by atoms with Crippen molar-refractivity contribution in [2.24, 2.45) is 5.73 Å². The maximum Gasteiger partial charge on any atom is 0.160 e.